The smallest absolute Gasteiger partial charge is 0.335 e. The number of hydrogen-bond acceptors (Lipinski definition) is 7. The highest BCUT2D eigenvalue weighted by atomic mass is 32.1. The molecular weight excluding hydrogens is 466 g/mol. The van der Waals surface area contributed by atoms with Crippen molar-refractivity contribution in [1.82, 2.24) is 30.2 Å². The zero-order chi connectivity index (χ0) is 24.9. The summed E-state index contributed by atoms with van der Waals surface area (Å²) in [5.41, 5.74) is 2.60. The van der Waals surface area contributed by atoms with Gasteiger partial charge in [-0.05, 0) is 54.8 Å². The Labute approximate surface area is 206 Å². The number of aromatic carboxylic acids is 1. The number of hydrogen-bond donors (Lipinski definition) is 2. The number of imidazole rings is 1. The molecule has 0 atom stereocenters. The largest absolute Gasteiger partial charge is 0.478 e. The Hall–Kier alpha value is -3.86. The van der Waals surface area contributed by atoms with Crippen LogP contribution in [0.5, 0.6) is 0 Å². The molecule has 35 heavy (non-hydrogen) atoms. The lowest BCUT2D eigenvalue weighted by molar-refractivity contribution is 0.0696. The minimum atomic E-state index is -0.978. The molecule has 11 heteroatoms. The molecule has 0 aliphatic heterocycles. The van der Waals surface area contributed by atoms with E-state index < -0.39 is 5.97 Å². The Morgan fingerprint density at radius 2 is 1.97 bits per heavy atom. The van der Waals surface area contributed by atoms with Crippen molar-refractivity contribution in [2.24, 2.45) is 0 Å². The van der Waals surface area contributed by atoms with E-state index in [9.17, 15) is 14.7 Å². The van der Waals surface area contributed by atoms with Crippen molar-refractivity contribution in [1.29, 1.82) is 0 Å². The topological polar surface area (TPSA) is 130 Å². The highest BCUT2D eigenvalue weighted by Crippen LogP contribution is 2.25. The number of unbranched alkanes of at least 4 members (excludes halogenated alkanes) is 1. The number of carbonyl (C=O) groups is 2. The van der Waals surface area contributed by atoms with Crippen LogP contribution in [0.1, 0.15) is 67.3 Å². The lowest BCUT2D eigenvalue weighted by Crippen LogP contribution is -2.33. The number of carboxylic acid groups (broad SMARTS) is 1. The fourth-order valence-corrected chi connectivity index (χ4v) is 4.90. The second-order valence-electron chi connectivity index (χ2n) is 8.32. The van der Waals surface area contributed by atoms with Gasteiger partial charge >= 0.3 is 5.97 Å². The summed E-state index contributed by atoms with van der Waals surface area (Å²) < 4.78 is 1.90. The van der Waals surface area contributed by atoms with Gasteiger partial charge in [-0.25, -0.2) is 9.78 Å². The molecule has 10 nitrogen and oxygen atoms in total. The number of benzene rings is 1. The van der Waals surface area contributed by atoms with Crippen LogP contribution in [0.3, 0.4) is 0 Å². The van der Waals surface area contributed by atoms with E-state index in [1.807, 2.05) is 18.4 Å². The summed E-state index contributed by atoms with van der Waals surface area (Å²) in [6.07, 6.45) is 4.25. The summed E-state index contributed by atoms with van der Waals surface area (Å²) in [6.45, 7) is 6.86. The first-order chi connectivity index (χ1) is 16.9. The molecule has 4 rings (SSSR count). The maximum Gasteiger partial charge on any atom is 0.335 e. The standard InChI is InChI=1S/C24H27N7O3S/c1-4-5-6-21-25-12-19(30(21)13-17-7-9-18(10-8-17)23(33)34)22(32)31(24-26-28-29-27-24)14-20-15(2)11-16(3)35-20/h7-12H,4-6,13-14H2,1-3H3,(H,33,34)(H,26,27,28,29). The lowest BCUT2D eigenvalue weighted by atomic mass is 10.1. The molecule has 0 bridgehead atoms. The van der Waals surface area contributed by atoms with Gasteiger partial charge in [-0.15, -0.1) is 16.4 Å². The highest BCUT2D eigenvalue weighted by Gasteiger charge is 2.27. The molecule has 3 heterocycles. The number of aromatic amines is 1. The van der Waals surface area contributed by atoms with Gasteiger partial charge in [0.15, 0.2) is 0 Å². The van der Waals surface area contributed by atoms with Crippen molar-refractivity contribution in [3.63, 3.8) is 0 Å². The number of aryl methyl sites for hydroxylation is 3. The number of amides is 1. The van der Waals surface area contributed by atoms with Crippen LogP contribution in [0.4, 0.5) is 5.95 Å². The third-order valence-corrected chi connectivity index (χ3v) is 6.86. The number of carbonyl (C=O) groups excluding carboxylic acids is 1. The van der Waals surface area contributed by atoms with Crippen LogP contribution in [-0.2, 0) is 19.5 Å². The number of nitrogens with zero attached hydrogens (tertiary/aromatic N) is 6. The fraction of sp³-hybridized carbons (Fsp3) is 0.333. The average Bonchev–Trinajstić information content (AvgIpc) is 3.57. The third-order valence-electron chi connectivity index (χ3n) is 5.72. The van der Waals surface area contributed by atoms with Crippen molar-refractivity contribution in [2.75, 3.05) is 4.90 Å². The van der Waals surface area contributed by atoms with Gasteiger partial charge in [0.1, 0.15) is 11.5 Å². The first kappa shape index (κ1) is 24.3. The summed E-state index contributed by atoms with van der Waals surface area (Å²) >= 11 is 1.63. The molecule has 0 fully saturated rings. The molecule has 2 N–H and O–H groups in total. The Kier molecular flexibility index (Phi) is 7.35. The van der Waals surface area contributed by atoms with E-state index in [1.54, 1.807) is 41.8 Å². The van der Waals surface area contributed by atoms with Crippen LogP contribution >= 0.6 is 11.3 Å². The Morgan fingerprint density at radius 3 is 2.57 bits per heavy atom. The number of thiophene rings is 1. The zero-order valence-electron chi connectivity index (χ0n) is 19.9. The zero-order valence-corrected chi connectivity index (χ0v) is 20.7. The molecule has 0 unspecified atom stereocenters. The number of nitrogens with one attached hydrogen (secondary N) is 1. The summed E-state index contributed by atoms with van der Waals surface area (Å²) in [7, 11) is 0. The number of rotatable bonds is 10. The van der Waals surface area contributed by atoms with Gasteiger partial charge in [-0.1, -0.05) is 30.6 Å². The molecule has 0 saturated carbocycles. The molecule has 0 aliphatic carbocycles. The van der Waals surface area contributed by atoms with Gasteiger partial charge in [0.25, 0.3) is 11.9 Å². The van der Waals surface area contributed by atoms with Gasteiger partial charge in [0.2, 0.25) is 0 Å². The van der Waals surface area contributed by atoms with E-state index in [0.29, 0.717) is 18.8 Å². The van der Waals surface area contributed by atoms with Crippen LogP contribution in [0.2, 0.25) is 0 Å². The van der Waals surface area contributed by atoms with Crippen LogP contribution < -0.4 is 4.90 Å². The number of aromatic nitrogens is 6. The molecule has 4 aromatic rings. The summed E-state index contributed by atoms with van der Waals surface area (Å²) in [5.74, 6) is -0.273. The predicted molar refractivity (Wildman–Crippen MR) is 132 cm³/mol. The Balaban J connectivity index is 1.70. The monoisotopic (exact) mass is 493 g/mol. The van der Waals surface area contributed by atoms with Crippen LogP contribution in [-0.4, -0.2) is 47.2 Å². The van der Waals surface area contributed by atoms with Gasteiger partial charge < -0.3 is 9.67 Å². The SMILES string of the molecule is CCCCc1ncc(C(=O)N(Cc2sc(C)cc2C)c2nn[nH]n2)n1Cc1ccc(C(=O)O)cc1. The fourth-order valence-electron chi connectivity index (χ4n) is 3.86. The predicted octanol–water partition coefficient (Wildman–Crippen LogP) is 4.01. The lowest BCUT2D eigenvalue weighted by Gasteiger charge is -2.20. The maximum atomic E-state index is 13.9. The van der Waals surface area contributed by atoms with Gasteiger partial charge in [-0.3, -0.25) is 9.69 Å². The minimum Gasteiger partial charge on any atom is -0.478 e. The number of anilines is 1. The van der Waals surface area contributed by atoms with Crippen molar-refractivity contribution in [2.45, 2.75) is 53.1 Å². The normalized spacial score (nSPS) is 11.1. The first-order valence-corrected chi connectivity index (χ1v) is 12.2. The van der Waals surface area contributed by atoms with Crippen molar-refractivity contribution in [3.8, 4) is 0 Å². The van der Waals surface area contributed by atoms with Crippen molar-refractivity contribution >= 4 is 29.2 Å². The molecule has 1 aromatic carbocycles. The third kappa shape index (κ3) is 5.46. The Morgan fingerprint density at radius 1 is 1.20 bits per heavy atom. The molecule has 0 saturated heterocycles. The number of tetrazole rings is 1. The summed E-state index contributed by atoms with van der Waals surface area (Å²) in [6, 6.07) is 8.74. The highest BCUT2D eigenvalue weighted by molar-refractivity contribution is 7.12. The molecule has 3 aromatic heterocycles. The second-order valence-corrected chi connectivity index (χ2v) is 9.66. The maximum absolute atomic E-state index is 13.9. The summed E-state index contributed by atoms with van der Waals surface area (Å²) in [4.78, 5) is 33.4. The molecular formula is C24H27N7O3S. The van der Waals surface area contributed by atoms with E-state index in [1.165, 1.54) is 4.90 Å². The van der Waals surface area contributed by atoms with Crippen molar-refractivity contribution in [3.05, 3.63) is 74.5 Å². The first-order valence-electron chi connectivity index (χ1n) is 11.3. The van der Waals surface area contributed by atoms with Crippen LogP contribution in [0.15, 0.2) is 36.5 Å². The minimum absolute atomic E-state index is 0.189. The number of H-pyrrole nitrogens is 1. The number of carboxylic acids is 1. The van der Waals surface area contributed by atoms with E-state index in [0.717, 1.165) is 46.0 Å². The quantitative estimate of drug-likeness (QED) is 0.341. The molecule has 0 spiro atoms. The van der Waals surface area contributed by atoms with E-state index in [2.05, 4.69) is 38.6 Å². The van der Waals surface area contributed by atoms with Gasteiger partial charge in [-0.2, -0.15) is 5.21 Å². The molecule has 0 aliphatic rings. The van der Waals surface area contributed by atoms with E-state index in [4.69, 9.17) is 0 Å². The molecule has 1 amide bonds. The second kappa shape index (κ2) is 10.6. The molecule has 0 radical (unpaired) electrons. The van der Waals surface area contributed by atoms with Gasteiger partial charge in [0.05, 0.1) is 18.3 Å². The Bertz CT molecular complexity index is 1310. The van der Waals surface area contributed by atoms with E-state index in [-0.39, 0.29) is 17.4 Å². The summed E-state index contributed by atoms with van der Waals surface area (Å²) in [5, 5.41) is 23.4. The van der Waals surface area contributed by atoms with Crippen LogP contribution in [0, 0.1) is 13.8 Å². The van der Waals surface area contributed by atoms with Crippen molar-refractivity contribution < 1.29 is 14.7 Å². The van der Waals surface area contributed by atoms with Crippen LogP contribution in [0.25, 0.3) is 0 Å². The molecule has 182 valence electrons. The van der Waals surface area contributed by atoms with Gasteiger partial charge in [0, 0.05) is 22.7 Å². The van der Waals surface area contributed by atoms with E-state index >= 15 is 0 Å². The average molecular weight is 494 g/mol.